The van der Waals surface area contributed by atoms with E-state index in [1.807, 2.05) is 0 Å². The fourth-order valence-corrected chi connectivity index (χ4v) is 2.14. The molecule has 0 bridgehead atoms. The van der Waals surface area contributed by atoms with Gasteiger partial charge in [0.25, 0.3) is 0 Å². The van der Waals surface area contributed by atoms with Crippen LogP contribution in [0.1, 0.15) is 25.8 Å². The van der Waals surface area contributed by atoms with Crippen molar-refractivity contribution in [3.05, 3.63) is 29.8 Å². The first-order valence-electron chi connectivity index (χ1n) is 8.15. The number of para-hydroxylation sites is 1. The number of rotatable bonds is 9. The third-order valence-electron chi connectivity index (χ3n) is 3.96. The van der Waals surface area contributed by atoms with Crippen molar-refractivity contribution in [3.63, 3.8) is 0 Å². The van der Waals surface area contributed by atoms with Crippen LogP contribution in [0.2, 0.25) is 0 Å². The van der Waals surface area contributed by atoms with Crippen LogP contribution in [0, 0.1) is 0 Å². The van der Waals surface area contributed by atoms with Gasteiger partial charge in [0, 0.05) is 38.3 Å². The zero-order chi connectivity index (χ0) is 17.9. The maximum absolute atomic E-state index is 12.4. The summed E-state index contributed by atoms with van der Waals surface area (Å²) in [5.74, 6) is 0.798. The molecule has 1 aromatic rings. The van der Waals surface area contributed by atoms with Crippen molar-refractivity contribution in [1.29, 1.82) is 0 Å². The molecule has 0 aliphatic carbocycles. The molecule has 0 radical (unpaired) electrons. The van der Waals surface area contributed by atoms with Crippen molar-refractivity contribution in [2.45, 2.75) is 39.5 Å². The Kier molecular flexibility index (Phi) is 12.5. The van der Waals surface area contributed by atoms with Crippen molar-refractivity contribution in [1.82, 2.24) is 15.5 Å². The lowest BCUT2D eigenvalue weighted by Gasteiger charge is -2.24. The first-order valence-corrected chi connectivity index (χ1v) is 8.15. The van der Waals surface area contributed by atoms with Crippen molar-refractivity contribution < 1.29 is 13.5 Å². The smallest absolute Gasteiger partial charge is 0.387 e. The number of aliphatic imine (C=N–C) groups is 1. The van der Waals surface area contributed by atoms with Crippen LogP contribution in [0.5, 0.6) is 5.75 Å². The normalized spacial score (nSPS) is 12.7. The molecule has 1 atom stereocenters. The SMILES string of the molecule is CCC(C)N(C)CCNC(=NC)NCc1ccccc1OC(F)F.I. The van der Waals surface area contributed by atoms with E-state index in [1.165, 1.54) is 6.07 Å². The van der Waals surface area contributed by atoms with E-state index in [1.54, 1.807) is 25.2 Å². The Balaban J connectivity index is 0.00000576. The van der Waals surface area contributed by atoms with E-state index in [0.717, 1.165) is 19.5 Å². The predicted molar refractivity (Wildman–Crippen MR) is 109 cm³/mol. The zero-order valence-corrected chi connectivity index (χ0v) is 17.6. The monoisotopic (exact) mass is 470 g/mol. The van der Waals surface area contributed by atoms with E-state index in [2.05, 4.69) is 46.2 Å². The summed E-state index contributed by atoms with van der Waals surface area (Å²) >= 11 is 0. The Bertz CT molecular complexity index is 517. The molecular weight excluding hydrogens is 441 g/mol. The number of halogens is 3. The van der Waals surface area contributed by atoms with Gasteiger partial charge < -0.3 is 20.3 Å². The minimum absolute atomic E-state index is 0. The number of ether oxygens (including phenoxy) is 1. The lowest BCUT2D eigenvalue weighted by molar-refractivity contribution is -0.0504. The second-order valence-electron chi connectivity index (χ2n) is 5.58. The Morgan fingerprint density at radius 2 is 1.96 bits per heavy atom. The lowest BCUT2D eigenvalue weighted by atomic mass is 10.2. The largest absolute Gasteiger partial charge is 0.434 e. The van der Waals surface area contributed by atoms with Gasteiger partial charge in [-0.05, 0) is 26.5 Å². The van der Waals surface area contributed by atoms with Crippen LogP contribution in [0.25, 0.3) is 0 Å². The van der Waals surface area contributed by atoms with Crippen LogP contribution in [-0.2, 0) is 6.54 Å². The molecule has 0 aliphatic heterocycles. The number of hydrogen-bond acceptors (Lipinski definition) is 3. The average Bonchev–Trinajstić information content (AvgIpc) is 2.57. The summed E-state index contributed by atoms with van der Waals surface area (Å²) in [6.45, 7) is 3.50. The molecular formula is C17H29F2IN4O. The first-order chi connectivity index (χ1) is 11.5. The molecule has 0 aliphatic rings. The highest BCUT2D eigenvalue weighted by Crippen LogP contribution is 2.19. The van der Waals surface area contributed by atoms with Gasteiger partial charge in [-0.1, -0.05) is 25.1 Å². The maximum atomic E-state index is 12.4. The molecule has 0 aromatic heterocycles. The molecule has 144 valence electrons. The van der Waals surface area contributed by atoms with Crippen LogP contribution in [0.4, 0.5) is 8.78 Å². The Labute approximate surface area is 166 Å². The molecule has 0 spiro atoms. The molecule has 25 heavy (non-hydrogen) atoms. The molecule has 1 aromatic carbocycles. The van der Waals surface area contributed by atoms with Crippen molar-refractivity contribution >= 4 is 29.9 Å². The molecule has 0 fully saturated rings. The summed E-state index contributed by atoms with van der Waals surface area (Å²) in [6, 6.07) is 7.25. The summed E-state index contributed by atoms with van der Waals surface area (Å²) < 4.78 is 29.4. The van der Waals surface area contributed by atoms with E-state index in [4.69, 9.17) is 0 Å². The van der Waals surface area contributed by atoms with Gasteiger partial charge in [0.05, 0.1) is 0 Å². The molecule has 8 heteroatoms. The molecule has 1 unspecified atom stereocenters. The highest BCUT2D eigenvalue weighted by molar-refractivity contribution is 14.0. The topological polar surface area (TPSA) is 48.9 Å². The molecule has 0 saturated heterocycles. The first kappa shape index (κ1) is 23.8. The summed E-state index contributed by atoms with van der Waals surface area (Å²) in [7, 11) is 3.76. The van der Waals surface area contributed by atoms with Gasteiger partial charge in [0.1, 0.15) is 5.75 Å². The number of nitrogens with one attached hydrogen (secondary N) is 2. The quantitative estimate of drug-likeness (QED) is 0.331. The third-order valence-corrected chi connectivity index (χ3v) is 3.96. The third kappa shape index (κ3) is 9.20. The summed E-state index contributed by atoms with van der Waals surface area (Å²) in [5.41, 5.74) is 0.650. The number of alkyl halides is 2. The average molecular weight is 470 g/mol. The number of likely N-dealkylation sites (N-methyl/N-ethyl adjacent to an activating group) is 1. The van der Waals surface area contributed by atoms with Gasteiger partial charge in [-0.3, -0.25) is 4.99 Å². The Morgan fingerprint density at radius 3 is 2.56 bits per heavy atom. The highest BCUT2D eigenvalue weighted by atomic mass is 127. The van der Waals surface area contributed by atoms with Crippen LogP contribution in [-0.4, -0.2) is 50.7 Å². The number of benzene rings is 1. The second-order valence-corrected chi connectivity index (χ2v) is 5.58. The lowest BCUT2D eigenvalue weighted by Crippen LogP contribution is -2.42. The number of nitrogens with zero attached hydrogens (tertiary/aromatic N) is 2. The van der Waals surface area contributed by atoms with Crippen LogP contribution < -0.4 is 15.4 Å². The van der Waals surface area contributed by atoms with Crippen molar-refractivity contribution in [2.24, 2.45) is 4.99 Å². The van der Waals surface area contributed by atoms with Crippen molar-refractivity contribution in [2.75, 3.05) is 27.2 Å². The summed E-state index contributed by atoms with van der Waals surface area (Å²) in [4.78, 5) is 6.41. The van der Waals surface area contributed by atoms with Gasteiger partial charge in [-0.25, -0.2) is 0 Å². The van der Waals surface area contributed by atoms with Gasteiger partial charge in [0.2, 0.25) is 0 Å². The van der Waals surface area contributed by atoms with E-state index >= 15 is 0 Å². The molecule has 0 amide bonds. The highest BCUT2D eigenvalue weighted by Gasteiger charge is 2.10. The fraction of sp³-hybridized carbons (Fsp3) is 0.588. The van der Waals surface area contributed by atoms with Gasteiger partial charge in [-0.15, -0.1) is 24.0 Å². The van der Waals surface area contributed by atoms with E-state index < -0.39 is 6.61 Å². The van der Waals surface area contributed by atoms with Crippen molar-refractivity contribution in [3.8, 4) is 5.75 Å². The van der Waals surface area contributed by atoms with Gasteiger partial charge in [-0.2, -0.15) is 8.78 Å². The van der Waals surface area contributed by atoms with Crippen LogP contribution in [0.3, 0.4) is 0 Å². The zero-order valence-electron chi connectivity index (χ0n) is 15.3. The molecule has 1 rings (SSSR count). The summed E-state index contributed by atoms with van der Waals surface area (Å²) in [5, 5.41) is 6.33. The molecule has 2 N–H and O–H groups in total. The van der Waals surface area contributed by atoms with E-state index in [0.29, 0.717) is 24.1 Å². The van der Waals surface area contributed by atoms with E-state index in [9.17, 15) is 8.78 Å². The Hall–Kier alpha value is -1.16. The predicted octanol–water partition coefficient (Wildman–Crippen LogP) is 3.30. The summed E-state index contributed by atoms with van der Waals surface area (Å²) in [6.07, 6.45) is 1.10. The molecule has 5 nitrogen and oxygen atoms in total. The maximum Gasteiger partial charge on any atom is 0.387 e. The Morgan fingerprint density at radius 1 is 1.28 bits per heavy atom. The minimum atomic E-state index is -2.83. The standard InChI is InChI=1S/C17H28F2N4O.HI/c1-5-13(2)23(4)11-10-21-17(20-3)22-12-14-8-6-7-9-15(14)24-16(18)19;/h6-9,13,16H,5,10-12H2,1-4H3,(H2,20,21,22);1H. The molecule has 0 saturated carbocycles. The fourth-order valence-electron chi connectivity index (χ4n) is 2.14. The van der Waals surface area contributed by atoms with E-state index in [-0.39, 0.29) is 29.7 Å². The van der Waals surface area contributed by atoms with Gasteiger partial charge in [0.15, 0.2) is 5.96 Å². The number of guanidine groups is 1. The van der Waals surface area contributed by atoms with Crippen LogP contribution >= 0.6 is 24.0 Å². The number of hydrogen-bond donors (Lipinski definition) is 2. The minimum Gasteiger partial charge on any atom is -0.434 e. The van der Waals surface area contributed by atoms with Crippen LogP contribution in [0.15, 0.2) is 29.3 Å². The molecule has 0 heterocycles. The van der Waals surface area contributed by atoms with Gasteiger partial charge >= 0.3 is 6.61 Å². The second kappa shape index (κ2) is 13.1.